The van der Waals surface area contributed by atoms with Gasteiger partial charge in [-0.1, -0.05) is 33.6 Å². The Bertz CT molecular complexity index is 211. The van der Waals surface area contributed by atoms with Crippen LogP contribution in [0.4, 0.5) is 0 Å². The minimum absolute atomic E-state index is 0.831. The van der Waals surface area contributed by atoms with Gasteiger partial charge < -0.3 is 5.32 Å². The first-order chi connectivity index (χ1) is 7.74. The van der Waals surface area contributed by atoms with Gasteiger partial charge in [0.1, 0.15) is 0 Å². The first-order valence-electron chi connectivity index (χ1n) is 7.20. The Kier molecular flexibility index (Phi) is 4.26. The predicted octanol–water partition coefficient (Wildman–Crippen LogP) is 2.49. The molecule has 2 aliphatic rings. The van der Waals surface area contributed by atoms with Crippen molar-refractivity contribution in [2.45, 2.75) is 58.5 Å². The van der Waals surface area contributed by atoms with Crippen LogP contribution in [0.25, 0.3) is 0 Å². The van der Waals surface area contributed by atoms with E-state index in [2.05, 4.69) is 31.0 Å². The van der Waals surface area contributed by atoms with Crippen molar-refractivity contribution in [1.82, 2.24) is 10.2 Å². The second kappa shape index (κ2) is 5.50. The predicted molar refractivity (Wildman–Crippen MR) is 69.6 cm³/mol. The van der Waals surface area contributed by atoms with E-state index in [0.29, 0.717) is 0 Å². The van der Waals surface area contributed by atoms with Gasteiger partial charge in [-0.15, -0.1) is 0 Å². The maximum atomic E-state index is 3.42. The Hall–Kier alpha value is -0.0800. The number of hydrogen-bond donors (Lipinski definition) is 1. The van der Waals surface area contributed by atoms with Crippen LogP contribution in [0.15, 0.2) is 0 Å². The van der Waals surface area contributed by atoms with E-state index in [4.69, 9.17) is 0 Å². The van der Waals surface area contributed by atoms with Gasteiger partial charge in [0.25, 0.3) is 0 Å². The van der Waals surface area contributed by atoms with Crippen molar-refractivity contribution >= 4 is 0 Å². The second-order valence-electron chi connectivity index (χ2n) is 5.88. The van der Waals surface area contributed by atoms with E-state index in [0.717, 1.165) is 23.9 Å². The molecule has 0 radical (unpaired) electrons. The largest absolute Gasteiger partial charge is 0.314 e. The van der Waals surface area contributed by atoms with Crippen molar-refractivity contribution in [3.63, 3.8) is 0 Å². The Morgan fingerprint density at radius 3 is 2.50 bits per heavy atom. The van der Waals surface area contributed by atoms with E-state index in [1.165, 1.54) is 45.3 Å². The normalized spacial score (nSPS) is 36.4. The van der Waals surface area contributed by atoms with E-state index < -0.39 is 0 Å². The molecule has 2 heteroatoms. The Morgan fingerprint density at radius 1 is 1.19 bits per heavy atom. The first kappa shape index (κ1) is 12.4. The molecule has 2 rings (SSSR count). The van der Waals surface area contributed by atoms with Gasteiger partial charge in [0.05, 0.1) is 0 Å². The molecule has 3 atom stereocenters. The highest BCUT2D eigenvalue weighted by Crippen LogP contribution is 2.34. The van der Waals surface area contributed by atoms with E-state index in [9.17, 15) is 0 Å². The van der Waals surface area contributed by atoms with Crippen molar-refractivity contribution in [2.75, 3.05) is 19.6 Å². The summed E-state index contributed by atoms with van der Waals surface area (Å²) in [6, 6.07) is 1.69. The van der Waals surface area contributed by atoms with Crippen molar-refractivity contribution in [3.8, 4) is 0 Å². The Balaban J connectivity index is 1.99. The van der Waals surface area contributed by atoms with Gasteiger partial charge in [-0.05, 0) is 31.2 Å². The van der Waals surface area contributed by atoms with E-state index in [1.807, 2.05) is 0 Å². The average molecular weight is 224 g/mol. The maximum Gasteiger partial charge on any atom is 0.0348 e. The molecular weight excluding hydrogens is 196 g/mol. The molecule has 1 heterocycles. The molecular formula is C14H28N2. The highest BCUT2D eigenvalue weighted by Gasteiger charge is 2.36. The van der Waals surface area contributed by atoms with Crippen LogP contribution in [-0.4, -0.2) is 36.6 Å². The molecule has 16 heavy (non-hydrogen) atoms. The zero-order valence-electron chi connectivity index (χ0n) is 11.2. The molecule has 0 aromatic carbocycles. The van der Waals surface area contributed by atoms with Crippen LogP contribution in [0.5, 0.6) is 0 Å². The van der Waals surface area contributed by atoms with Crippen LogP contribution in [0.3, 0.4) is 0 Å². The SMILES string of the molecule is CCCN(C1CNC1)C1CCCC(C)C1C. The fourth-order valence-corrected chi connectivity index (χ4v) is 3.41. The molecule has 0 amide bonds. The highest BCUT2D eigenvalue weighted by molar-refractivity contribution is 4.92. The summed E-state index contributed by atoms with van der Waals surface area (Å²) in [6.07, 6.45) is 5.62. The standard InChI is InChI=1S/C14H28N2/c1-4-8-16(13-9-15-10-13)14-7-5-6-11(2)12(14)3/h11-15H,4-10H2,1-3H3. The van der Waals surface area contributed by atoms with Crippen LogP contribution in [0.1, 0.15) is 46.5 Å². The minimum atomic E-state index is 0.831. The zero-order valence-corrected chi connectivity index (χ0v) is 11.2. The molecule has 0 bridgehead atoms. The molecule has 1 saturated carbocycles. The van der Waals surface area contributed by atoms with Crippen molar-refractivity contribution in [1.29, 1.82) is 0 Å². The quantitative estimate of drug-likeness (QED) is 0.789. The molecule has 2 fully saturated rings. The Labute approximate surface area is 101 Å². The van der Waals surface area contributed by atoms with Gasteiger partial charge in [-0.3, -0.25) is 4.90 Å². The van der Waals surface area contributed by atoms with Gasteiger partial charge in [0.15, 0.2) is 0 Å². The first-order valence-corrected chi connectivity index (χ1v) is 7.20. The topological polar surface area (TPSA) is 15.3 Å². The van der Waals surface area contributed by atoms with Gasteiger partial charge in [-0.25, -0.2) is 0 Å². The summed E-state index contributed by atoms with van der Waals surface area (Å²) in [5, 5.41) is 3.42. The summed E-state index contributed by atoms with van der Waals surface area (Å²) in [4.78, 5) is 2.82. The van der Waals surface area contributed by atoms with Crippen LogP contribution in [-0.2, 0) is 0 Å². The van der Waals surface area contributed by atoms with Gasteiger partial charge in [-0.2, -0.15) is 0 Å². The summed E-state index contributed by atoms with van der Waals surface area (Å²) < 4.78 is 0. The van der Waals surface area contributed by atoms with Gasteiger partial charge >= 0.3 is 0 Å². The zero-order chi connectivity index (χ0) is 11.5. The second-order valence-corrected chi connectivity index (χ2v) is 5.88. The number of hydrogen-bond acceptors (Lipinski definition) is 2. The average Bonchev–Trinajstić information content (AvgIpc) is 2.19. The molecule has 0 aromatic rings. The van der Waals surface area contributed by atoms with E-state index in [1.54, 1.807) is 0 Å². The summed E-state index contributed by atoms with van der Waals surface area (Å²) in [6.45, 7) is 11.0. The molecule has 94 valence electrons. The van der Waals surface area contributed by atoms with Crippen LogP contribution >= 0.6 is 0 Å². The van der Waals surface area contributed by atoms with E-state index >= 15 is 0 Å². The summed E-state index contributed by atoms with van der Waals surface area (Å²) in [7, 11) is 0. The van der Waals surface area contributed by atoms with Crippen LogP contribution in [0.2, 0.25) is 0 Å². The molecule has 0 spiro atoms. The lowest BCUT2D eigenvalue weighted by Crippen LogP contribution is -2.62. The highest BCUT2D eigenvalue weighted by atomic mass is 15.3. The molecule has 3 unspecified atom stereocenters. The maximum absolute atomic E-state index is 3.42. The number of nitrogens with zero attached hydrogens (tertiary/aromatic N) is 1. The van der Waals surface area contributed by atoms with Gasteiger partial charge in [0.2, 0.25) is 0 Å². The summed E-state index contributed by atoms with van der Waals surface area (Å²) >= 11 is 0. The van der Waals surface area contributed by atoms with Crippen molar-refractivity contribution < 1.29 is 0 Å². The summed E-state index contributed by atoms with van der Waals surface area (Å²) in [5.41, 5.74) is 0. The molecule has 0 aromatic heterocycles. The third-order valence-electron chi connectivity index (χ3n) is 4.80. The molecule has 1 aliphatic carbocycles. The lowest BCUT2D eigenvalue weighted by molar-refractivity contribution is 0.0268. The third-order valence-corrected chi connectivity index (χ3v) is 4.80. The smallest absolute Gasteiger partial charge is 0.0348 e. The van der Waals surface area contributed by atoms with Crippen molar-refractivity contribution in [2.24, 2.45) is 11.8 Å². The van der Waals surface area contributed by atoms with Crippen molar-refractivity contribution in [3.05, 3.63) is 0 Å². The fourth-order valence-electron chi connectivity index (χ4n) is 3.41. The fraction of sp³-hybridized carbons (Fsp3) is 1.00. The van der Waals surface area contributed by atoms with Crippen LogP contribution in [0, 0.1) is 11.8 Å². The summed E-state index contributed by atoms with van der Waals surface area (Å²) in [5.74, 6) is 1.81. The molecule has 2 nitrogen and oxygen atoms in total. The third kappa shape index (κ3) is 2.43. The van der Waals surface area contributed by atoms with Crippen LogP contribution < -0.4 is 5.32 Å². The molecule has 1 aliphatic heterocycles. The molecule has 1 N–H and O–H groups in total. The Morgan fingerprint density at radius 2 is 1.94 bits per heavy atom. The minimum Gasteiger partial charge on any atom is -0.314 e. The number of nitrogens with one attached hydrogen (secondary N) is 1. The van der Waals surface area contributed by atoms with E-state index in [-0.39, 0.29) is 0 Å². The monoisotopic (exact) mass is 224 g/mol. The molecule has 1 saturated heterocycles. The number of rotatable bonds is 4. The lowest BCUT2D eigenvalue weighted by Gasteiger charge is -2.48. The van der Waals surface area contributed by atoms with Gasteiger partial charge in [0, 0.05) is 25.2 Å². The lowest BCUT2D eigenvalue weighted by atomic mass is 9.76.